The molecular weight excluding hydrogens is 210 g/mol. The van der Waals surface area contributed by atoms with Crippen molar-refractivity contribution in [2.75, 3.05) is 0 Å². The summed E-state index contributed by atoms with van der Waals surface area (Å²) in [5.41, 5.74) is 0. The second-order valence-corrected chi connectivity index (χ2v) is 6.11. The first-order chi connectivity index (χ1) is 5.81. The van der Waals surface area contributed by atoms with Crippen LogP contribution < -0.4 is 4.72 Å². The zero-order chi connectivity index (χ0) is 10.5. The van der Waals surface area contributed by atoms with Gasteiger partial charge in [-0.25, -0.2) is 0 Å². The van der Waals surface area contributed by atoms with Crippen LogP contribution in [0.3, 0.4) is 0 Å². The lowest BCUT2D eigenvalue weighted by molar-refractivity contribution is 0.491. The molecule has 0 bridgehead atoms. The number of nitrogens with one attached hydrogen (secondary N) is 1. The van der Waals surface area contributed by atoms with E-state index in [1.54, 1.807) is 0 Å². The maximum Gasteiger partial charge on any atom is 0.297 e. The SMILES string of the molecule is CC(C)CCCC(C)NS(=O)(=O)Cl. The van der Waals surface area contributed by atoms with Crippen molar-refractivity contribution in [1.29, 1.82) is 0 Å². The summed E-state index contributed by atoms with van der Waals surface area (Å²) in [6.45, 7) is 6.12. The molecule has 1 unspecified atom stereocenters. The molecule has 1 atom stereocenters. The smallest absolute Gasteiger partial charge is 0.199 e. The van der Waals surface area contributed by atoms with E-state index in [1.807, 2.05) is 6.92 Å². The summed E-state index contributed by atoms with van der Waals surface area (Å²) in [6.07, 6.45) is 2.98. The van der Waals surface area contributed by atoms with Gasteiger partial charge in [-0.2, -0.15) is 13.1 Å². The molecular formula is C8H18ClNO2S. The first kappa shape index (κ1) is 13.2. The average Bonchev–Trinajstić information content (AvgIpc) is 1.81. The van der Waals surface area contributed by atoms with Crippen LogP contribution in [-0.4, -0.2) is 14.5 Å². The normalized spacial score (nSPS) is 14.8. The van der Waals surface area contributed by atoms with Crippen LogP contribution in [0.4, 0.5) is 0 Å². The summed E-state index contributed by atoms with van der Waals surface area (Å²) < 4.78 is 23.5. The van der Waals surface area contributed by atoms with Crippen LogP contribution in [-0.2, 0) is 9.24 Å². The molecule has 0 aliphatic carbocycles. The highest BCUT2D eigenvalue weighted by Crippen LogP contribution is 2.09. The van der Waals surface area contributed by atoms with Gasteiger partial charge in [0.05, 0.1) is 0 Å². The van der Waals surface area contributed by atoms with E-state index >= 15 is 0 Å². The van der Waals surface area contributed by atoms with Gasteiger partial charge in [0.25, 0.3) is 9.24 Å². The van der Waals surface area contributed by atoms with Crippen LogP contribution in [0, 0.1) is 5.92 Å². The summed E-state index contributed by atoms with van der Waals surface area (Å²) in [4.78, 5) is 0. The highest BCUT2D eigenvalue weighted by Gasteiger charge is 2.09. The van der Waals surface area contributed by atoms with Gasteiger partial charge in [0.15, 0.2) is 0 Å². The highest BCUT2D eigenvalue weighted by molar-refractivity contribution is 8.12. The molecule has 0 saturated heterocycles. The number of hydrogen-bond donors (Lipinski definition) is 1. The monoisotopic (exact) mass is 227 g/mol. The number of rotatable bonds is 6. The zero-order valence-corrected chi connectivity index (χ0v) is 9.95. The molecule has 0 aliphatic heterocycles. The maximum atomic E-state index is 10.6. The van der Waals surface area contributed by atoms with Crippen molar-refractivity contribution in [2.45, 2.75) is 46.1 Å². The van der Waals surface area contributed by atoms with Crippen LogP contribution in [0.5, 0.6) is 0 Å². The fourth-order valence-electron chi connectivity index (χ4n) is 1.13. The Morgan fingerprint density at radius 1 is 1.23 bits per heavy atom. The maximum absolute atomic E-state index is 10.6. The predicted octanol–water partition coefficient (Wildman–Crippen LogP) is 2.27. The molecule has 0 fully saturated rings. The summed E-state index contributed by atoms with van der Waals surface area (Å²) in [5, 5.41) is 0. The molecule has 0 aromatic rings. The molecule has 3 nitrogen and oxygen atoms in total. The summed E-state index contributed by atoms with van der Waals surface area (Å²) in [7, 11) is 1.48. The van der Waals surface area contributed by atoms with Crippen LogP contribution in [0.2, 0.25) is 0 Å². The molecule has 0 aromatic carbocycles. The molecule has 0 spiro atoms. The van der Waals surface area contributed by atoms with Gasteiger partial charge in [0, 0.05) is 16.7 Å². The van der Waals surface area contributed by atoms with Gasteiger partial charge < -0.3 is 0 Å². The van der Waals surface area contributed by atoms with Crippen LogP contribution >= 0.6 is 10.7 Å². The molecule has 0 radical (unpaired) electrons. The van der Waals surface area contributed by atoms with Crippen LogP contribution in [0.1, 0.15) is 40.0 Å². The van der Waals surface area contributed by atoms with Gasteiger partial charge in [-0.1, -0.05) is 26.7 Å². The van der Waals surface area contributed by atoms with Gasteiger partial charge in [0.1, 0.15) is 0 Å². The molecule has 0 saturated carbocycles. The van der Waals surface area contributed by atoms with Gasteiger partial charge in [-0.05, 0) is 19.3 Å². The Bertz CT molecular complexity index is 226. The second kappa shape index (κ2) is 5.83. The van der Waals surface area contributed by atoms with E-state index in [4.69, 9.17) is 10.7 Å². The lowest BCUT2D eigenvalue weighted by atomic mass is 10.0. The zero-order valence-electron chi connectivity index (χ0n) is 8.38. The Hall–Kier alpha value is 0.200. The first-order valence-electron chi connectivity index (χ1n) is 4.53. The standard InChI is InChI=1S/C8H18ClNO2S/c1-7(2)5-4-6-8(3)10-13(9,11)12/h7-8,10H,4-6H2,1-3H3. The van der Waals surface area contributed by atoms with Crippen LogP contribution in [0.15, 0.2) is 0 Å². The van der Waals surface area contributed by atoms with Crippen molar-refractivity contribution in [3.8, 4) is 0 Å². The fourth-order valence-corrected chi connectivity index (χ4v) is 2.19. The Kier molecular flexibility index (Phi) is 5.92. The molecule has 0 aromatic heterocycles. The van der Waals surface area contributed by atoms with E-state index in [2.05, 4.69) is 18.6 Å². The van der Waals surface area contributed by atoms with Gasteiger partial charge in [0.2, 0.25) is 0 Å². The minimum atomic E-state index is -3.55. The van der Waals surface area contributed by atoms with E-state index in [0.717, 1.165) is 19.3 Å². The van der Waals surface area contributed by atoms with Crippen LogP contribution in [0.25, 0.3) is 0 Å². The third kappa shape index (κ3) is 10.1. The Morgan fingerprint density at radius 3 is 2.15 bits per heavy atom. The largest absolute Gasteiger partial charge is 0.297 e. The fraction of sp³-hybridized carbons (Fsp3) is 1.00. The molecule has 0 rings (SSSR count). The third-order valence-corrected chi connectivity index (χ3v) is 2.71. The van der Waals surface area contributed by atoms with Gasteiger partial charge in [-0.3, -0.25) is 0 Å². The van der Waals surface area contributed by atoms with E-state index in [1.165, 1.54) is 0 Å². The molecule has 0 heterocycles. The summed E-state index contributed by atoms with van der Waals surface area (Å²) in [6, 6.07) is -0.0683. The molecule has 0 amide bonds. The molecule has 5 heteroatoms. The average molecular weight is 228 g/mol. The Morgan fingerprint density at radius 2 is 1.77 bits per heavy atom. The van der Waals surface area contributed by atoms with Crippen molar-refractivity contribution < 1.29 is 8.42 Å². The molecule has 13 heavy (non-hydrogen) atoms. The first-order valence-corrected chi connectivity index (χ1v) is 6.84. The van der Waals surface area contributed by atoms with Crippen molar-refractivity contribution in [3.05, 3.63) is 0 Å². The number of hydrogen-bond acceptors (Lipinski definition) is 2. The van der Waals surface area contributed by atoms with Crippen molar-refractivity contribution in [2.24, 2.45) is 5.92 Å². The van der Waals surface area contributed by atoms with Crippen molar-refractivity contribution in [1.82, 2.24) is 4.72 Å². The minimum absolute atomic E-state index is 0.0683. The predicted molar refractivity (Wildman–Crippen MR) is 56.1 cm³/mol. The lowest BCUT2D eigenvalue weighted by Gasteiger charge is -2.11. The molecule has 1 N–H and O–H groups in total. The van der Waals surface area contributed by atoms with E-state index < -0.39 is 9.24 Å². The van der Waals surface area contributed by atoms with Gasteiger partial charge in [-0.15, -0.1) is 0 Å². The van der Waals surface area contributed by atoms with Gasteiger partial charge >= 0.3 is 0 Å². The quantitative estimate of drug-likeness (QED) is 0.708. The Balaban J connectivity index is 3.58. The lowest BCUT2D eigenvalue weighted by Crippen LogP contribution is -2.28. The summed E-state index contributed by atoms with van der Waals surface area (Å²) in [5.74, 6) is 0.666. The third-order valence-electron chi connectivity index (χ3n) is 1.76. The van der Waals surface area contributed by atoms with Crippen molar-refractivity contribution >= 4 is 19.9 Å². The van der Waals surface area contributed by atoms with E-state index in [9.17, 15) is 8.42 Å². The summed E-state index contributed by atoms with van der Waals surface area (Å²) >= 11 is 0. The molecule has 80 valence electrons. The number of halogens is 1. The van der Waals surface area contributed by atoms with E-state index in [0.29, 0.717) is 5.92 Å². The molecule has 0 aliphatic rings. The minimum Gasteiger partial charge on any atom is -0.199 e. The second-order valence-electron chi connectivity index (χ2n) is 3.78. The van der Waals surface area contributed by atoms with Crippen molar-refractivity contribution in [3.63, 3.8) is 0 Å². The topological polar surface area (TPSA) is 46.2 Å². The van der Waals surface area contributed by atoms with E-state index in [-0.39, 0.29) is 6.04 Å². The highest BCUT2D eigenvalue weighted by atomic mass is 35.7. The Labute approximate surface area is 85.4 Å².